The molecular weight excluding hydrogens is 520 g/mol. The Bertz CT molecular complexity index is 1200. The van der Waals surface area contributed by atoms with Crippen LogP contribution in [0.25, 0.3) is 0 Å². The number of carboxylic acid groups (broad SMARTS) is 1. The second-order valence-electron chi connectivity index (χ2n) is 8.94. The molecule has 1 fully saturated rings. The van der Waals surface area contributed by atoms with E-state index in [1.165, 1.54) is 37.3 Å². The largest absolute Gasteiger partial charge is 0.508 e. The number of Topliss-reactive ketones (excluding diaryl/α,β-unsaturated/α-hetero) is 1. The van der Waals surface area contributed by atoms with Crippen LogP contribution < -0.4 is 9.47 Å². The van der Waals surface area contributed by atoms with Gasteiger partial charge in [-0.25, -0.2) is 4.79 Å². The quantitative estimate of drug-likeness (QED) is 0.222. The van der Waals surface area contributed by atoms with Gasteiger partial charge in [-0.2, -0.15) is 0 Å². The lowest BCUT2D eigenvalue weighted by atomic mass is 9.93. The number of carboxylic acids is 1. The van der Waals surface area contributed by atoms with Gasteiger partial charge in [0.1, 0.15) is 46.9 Å². The fourth-order valence-electron chi connectivity index (χ4n) is 3.87. The Labute approximate surface area is 222 Å². The van der Waals surface area contributed by atoms with Crippen molar-refractivity contribution in [2.24, 2.45) is 0 Å². The zero-order valence-corrected chi connectivity index (χ0v) is 20.7. The molecule has 0 saturated carbocycles. The van der Waals surface area contributed by atoms with Crippen molar-refractivity contribution in [3.63, 3.8) is 0 Å². The van der Waals surface area contributed by atoms with Crippen LogP contribution >= 0.6 is 0 Å². The van der Waals surface area contributed by atoms with E-state index >= 15 is 0 Å². The Morgan fingerprint density at radius 3 is 2.23 bits per heavy atom. The van der Waals surface area contributed by atoms with Gasteiger partial charge < -0.3 is 55.1 Å². The molecule has 0 spiro atoms. The van der Waals surface area contributed by atoms with Crippen molar-refractivity contribution in [2.45, 2.75) is 56.3 Å². The Morgan fingerprint density at radius 2 is 1.67 bits per heavy atom. The summed E-state index contributed by atoms with van der Waals surface area (Å²) in [5, 5.41) is 76.3. The van der Waals surface area contributed by atoms with Gasteiger partial charge in [0.15, 0.2) is 12.2 Å². The summed E-state index contributed by atoms with van der Waals surface area (Å²) in [6, 6.07) is 8.11. The first-order valence-corrected chi connectivity index (χ1v) is 11.8. The summed E-state index contributed by atoms with van der Waals surface area (Å²) in [5.41, 5.74) is 0.239. The predicted molar refractivity (Wildman–Crippen MR) is 131 cm³/mol. The van der Waals surface area contributed by atoms with Gasteiger partial charge in [0, 0.05) is 30.7 Å². The lowest BCUT2D eigenvalue weighted by Gasteiger charge is -2.39. The fourth-order valence-corrected chi connectivity index (χ4v) is 3.87. The van der Waals surface area contributed by atoms with Gasteiger partial charge in [0.2, 0.25) is 12.1 Å². The highest BCUT2D eigenvalue weighted by molar-refractivity contribution is 6.05. The lowest BCUT2D eigenvalue weighted by Crippen LogP contribution is -2.58. The van der Waals surface area contributed by atoms with Crippen LogP contribution in [0.4, 0.5) is 0 Å². The van der Waals surface area contributed by atoms with Crippen LogP contribution in [-0.2, 0) is 9.53 Å². The maximum Gasteiger partial charge on any atom is 0.331 e. The molecule has 1 saturated heterocycles. The molecule has 7 unspecified atom stereocenters. The van der Waals surface area contributed by atoms with Crippen LogP contribution in [0.1, 0.15) is 35.4 Å². The molecule has 0 radical (unpaired) electrons. The van der Waals surface area contributed by atoms with Gasteiger partial charge in [0.25, 0.3) is 0 Å². The normalized spacial score (nSPS) is 27.8. The molecule has 7 atom stereocenters. The van der Waals surface area contributed by atoms with Crippen LogP contribution in [0.2, 0.25) is 0 Å². The minimum absolute atomic E-state index is 0.00156. The SMILES string of the molecule is C=C(CCO)C(=O)O.CC1OC(Oc2cc(O)c3c(c2)OC(c2ccc(O)cc2)C(O)C3=O)C(O)C(O)C1O. The minimum atomic E-state index is -1.59. The Kier molecular flexibility index (Phi) is 9.50. The van der Waals surface area contributed by atoms with E-state index in [0.717, 1.165) is 6.07 Å². The van der Waals surface area contributed by atoms with E-state index in [1.54, 1.807) is 0 Å². The standard InChI is InChI=1S/C21H22O10.C5H8O3/c1-8-15(24)17(26)19(28)21(29-8)30-11-6-12(23)14-13(7-11)31-20(18(27)16(14)25)9-2-4-10(22)5-3-9;1-4(2-3-6)5(7)8/h2-8,15,17-24,26-28H,1H3;6H,1-3H2,(H,7,8). The second kappa shape index (κ2) is 12.4. The molecule has 13 nitrogen and oxygen atoms in total. The third kappa shape index (κ3) is 6.65. The first-order valence-electron chi connectivity index (χ1n) is 11.8. The van der Waals surface area contributed by atoms with Gasteiger partial charge in [-0.1, -0.05) is 18.7 Å². The lowest BCUT2D eigenvalue weighted by molar-refractivity contribution is -0.268. The molecule has 2 heterocycles. The van der Waals surface area contributed by atoms with Gasteiger partial charge in [-0.15, -0.1) is 0 Å². The number of carbonyl (C=O) groups excluding carboxylic acids is 1. The molecule has 2 aliphatic heterocycles. The van der Waals surface area contributed by atoms with Crippen LogP contribution in [-0.4, -0.2) is 96.0 Å². The summed E-state index contributed by atoms with van der Waals surface area (Å²) in [5.74, 6) is -2.42. The van der Waals surface area contributed by atoms with E-state index in [2.05, 4.69) is 6.58 Å². The molecule has 13 heteroatoms. The van der Waals surface area contributed by atoms with Crippen LogP contribution in [0.5, 0.6) is 23.0 Å². The van der Waals surface area contributed by atoms with Crippen molar-refractivity contribution in [3.8, 4) is 23.0 Å². The van der Waals surface area contributed by atoms with Gasteiger partial charge in [-0.3, -0.25) is 4.79 Å². The highest BCUT2D eigenvalue weighted by Gasteiger charge is 2.44. The average molecular weight is 551 g/mol. The number of carbonyl (C=O) groups is 2. The fraction of sp³-hybridized carbons (Fsp3) is 0.385. The number of ether oxygens (including phenoxy) is 3. The number of aromatic hydroxyl groups is 2. The predicted octanol–water partition coefficient (Wildman–Crippen LogP) is -0.00900. The topological polar surface area (TPSA) is 224 Å². The first-order chi connectivity index (χ1) is 18.3. The highest BCUT2D eigenvalue weighted by Crippen LogP contribution is 2.42. The van der Waals surface area contributed by atoms with E-state index in [9.17, 15) is 40.2 Å². The third-order valence-electron chi connectivity index (χ3n) is 6.11. The van der Waals surface area contributed by atoms with Crippen molar-refractivity contribution in [1.29, 1.82) is 0 Å². The molecule has 0 aromatic heterocycles. The summed E-state index contributed by atoms with van der Waals surface area (Å²) in [6.07, 6.45) is -9.11. The van der Waals surface area contributed by atoms with Gasteiger partial charge in [-0.05, 0) is 24.6 Å². The summed E-state index contributed by atoms with van der Waals surface area (Å²) < 4.78 is 16.7. The van der Waals surface area contributed by atoms with Crippen molar-refractivity contribution in [2.75, 3.05) is 6.61 Å². The number of phenols is 2. The molecule has 2 aromatic carbocycles. The van der Waals surface area contributed by atoms with Crippen molar-refractivity contribution < 1.29 is 64.7 Å². The maximum atomic E-state index is 12.7. The van der Waals surface area contributed by atoms with Gasteiger partial charge in [0.05, 0.1) is 6.10 Å². The molecule has 39 heavy (non-hydrogen) atoms. The zero-order chi connectivity index (χ0) is 29.0. The summed E-state index contributed by atoms with van der Waals surface area (Å²) >= 11 is 0. The Morgan fingerprint density at radius 1 is 1.03 bits per heavy atom. The number of phenolic OH excluding ortho intramolecular Hbond substituents is 2. The number of aliphatic hydroxyl groups excluding tert-OH is 5. The highest BCUT2D eigenvalue weighted by atomic mass is 16.7. The van der Waals surface area contributed by atoms with E-state index in [4.69, 9.17) is 24.4 Å². The van der Waals surface area contributed by atoms with Crippen molar-refractivity contribution >= 4 is 11.8 Å². The van der Waals surface area contributed by atoms with Crippen LogP contribution in [0.15, 0.2) is 48.6 Å². The third-order valence-corrected chi connectivity index (χ3v) is 6.11. The number of aliphatic carboxylic acids is 1. The molecule has 212 valence electrons. The molecule has 0 amide bonds. The zero-order valence-electron chi connectivity index (χ0n) is 20.7. The number of benzene rings is 2. The minimum Gasteiger partial charge on any atom is -0.508 e. The van der Waals surface area contributed by atoms with Crippen LogP contribution in [0.3, 0.4) is 0 Å². The number of hydrogen-bond donors (Lipinski definition) is 8. The average Bonchev–Trinajstić information content (AvgIpc) is 2.89. The van der Waals surface area contributed by atoms with Crippen molar-refractivity contribution in [1.82, 2.24) is 0 Å². The molecule has 2 aliphatic rings. The van der Waals surface area contributed by atoms with Gasteiger partial charge >= 0.3 is 5.97 Å². The molecular formula is C26H30O13. The number of aliphatic hydroxyl groups is 5. The second-order valence-corrected chi connectivity index (χ2v) is 8.94. The Hall–Kier alpha value is -3.72. The van der Waals surface area contributed by atoms with Crippen molar-refractivity contribution in [3.05, 3.63) is 59.7 Å². The van der Waals surface area contributed by atoms with E-state index in [-0.39, 0.29) is 41.4 Å². The molecule has 0 bridgehead atoms. The maximum absolute atomic E-state index is 12.7. The number of rotatable bonds is 6. The number of hydrogen-bond acceptors (Lipinski definition) is 12. The Balaban J connectivity index is 0.000000459. The molecule has 8 N–H and O–H groups in total. The monoisotopic (exact) mass is 550 g/mol. The molecule has 0 aliphatic carbocycles. The summed E-state index contributed by atoms with van der Waals surface area (Å²) in [4.78, 5) is 22.5. The molecule has 2 aromatic rings. The summed E-state index contributed by atoms with van der Waals surface area (Å²) in [7, 11) is 0. The van der Waals surface area contributed by atoms with E-state index in [1.807, 2.05) is 0 Å². The number of ketones is 1. The smallest absolute Gasteiger partial charge is 0.331 e. The first kappa shape index (κ1) is 29.8. The van der Waals surface area contributed by atoms with E-state index < -0.39 is 60.4 Å². The van der Waals surface area contributed by atoms with Crippen LogP contribution in [0, 0.1) is 0 Å². The summed E-state index contributed by atoms with van der Waals surface area (Å²) in [6.45, 7) is 4.53. The van der Waals surface area contributed by atoms with E-state index in [0.29, 0.717) is 5.56 Å². The number of fused-ring (bicyclic) bond motifs is 1. The molecule has 4 rings (SSSR count).